The van der Waals surface area contributed by atoms with Gasteiger partial charge in [0.2, 0.25) is 0 Å². The van der Waals surface area contributed by atoms with Crippen LogP contribution in [0.4, 0.5) is 0 Å². The van der Waals surface area contributed by atoms with Crippen molar-refractivity contribution in [3.8, 4) is 11.5 Å². The summed E-state index contributed by atoms with van der Waals surface area (Å²) in [5.74, 6) is 2.69. The van der Waals surface area contributed by atoms with Crippen molar-refractivity contribution in [3.63, 3.8) is 0 Å². The highest BCUT2D eigenvalue weighted by Crippen LogP contribution is 2.39. The predicted molar refractivity (Wildman–Crippen MR) is 146 cm³/mol. The Morgan fingerprint density at radius 3 is 2.19 bits per heavy atom. The van der Waals surface area contributed by atoms with Gasteiger partial charge in [0.25, 0.3) is 0 Å². The van der Waals surface area contributed by atoms with Crippen LogP contribution in [-0.2, 0) is 15.9 Å². The fraction of sp³-hybridized carbons (Fsp3) is 0.500. The summed E-state index contributed by atoms with van der Waals surface area (Å²) in [6.07, 6.45) is 13.3. The Balaban J connectivity index is 1.33. The third-order valence-electron chi connectivity index (χ3n) is 7.52. The van der Waals surface area contributed by atoms with Crippen molar-refractivity contribution in [2.75, 3.05) is 26.4 Å². The van der Waals surface area contributed by atoms with E-state index in [0.29, 0.717) is 19.1 Å². The Kier molecular flexibility index (Phi) is 8.45. The Morgan fingerprint density at radius 1 is 0.861 bits per heavy atom. The van der Waals surface area contributed by atoms with Crippen LogP contribution in [0, 0.1) is 5.92 Å². The monoisotopic (exact) mass is 488 g/mol. The number of rotatable bonds is 14. The fourth-order valence-corrected chi connectivity index (χ4v) is 4.98. The Labute approximate surface area is 216 Å². The number of unbranched alkanes of at least 4 members (excludes halogenated alkanes) is 1. The summed E-state index contributed by atoms with van der Waals surface area (Å²) >= 11 is 0. The zero-order valence-corrected chi connectivity index (χ0v) is 21.8. The van der Waals surface area contributed by atoms with Crippen molar-refractivity contribution < 1.29 is 18.9 Å². The van der Waals surface area contributed by atoms with Crippen molar-refractivity contribution in [1.29, 1.82) is 0 Å². The molecule has 0 bridgehead atoms. The first-order valence-corrected chi connectivity index (χ1v) is 13.8. The van der Waals surface area contributed by atoms with Crippen molar-refractivity contribution >= 4 is 11.1 Å². The molecule has 0 aromatic heterocycles. The van der Waals surface area contributed by atoms with Gasteiger partial charge in [-0.2, -0.15) is 0 Å². The number of hydrogen-bond donors (Lipinski definition) is 0. The summed E-state index contributed by atoms with van der Waals surface area (Å²) < 4.78 is 22.9. The summed E-state index contributed by atoms with van der Waals surface area (Å²) in [6.45, 7) is 7.52. The number of para-hydroxylation sites is 1. The third-order valence-corrected chi connectivity index (χ3v) is 7.52. The largest absolute Gasteiger partial charge is 0.491 e. The van der Waals surface area contributed by atoms with E-state index in [1.165, 1.54) is 53.5 Å². The summed E-state index contributed by atoms with van der Waals surface area (Å²) in [7, 11) is 0. The molecular weight excluding hydrogens is 448 g/mol. The van der Waals surface area contributed by atoms with Crippen molar-refractivity contribution in [2.45, 2.75) is 71.0 Å². The van der Waals surface area contributed by atoms with Crippen LogP contribution in [0.5, 0.6) is 11.5 Å². The highest BCUT2D eigenvalue weighted by atomic mass is 16.6. The topological polar surface area (TPSA) is 43.5 Å². The van der Waals surface area contributed by atoms with Gasteiger partial charge >= 0.3 is 0 Å². The smallest absolute Gasteiger partial charge is 0.130 e. The minimum atomic E-state index is 0.253. The summed E-state index contributed by atoms with van der Waals surface area (Å²) in [6, 6.07) is 15.2. The molecule has 1 aliphatic carbocycles. The van der Waals surface area contributed by atoms with E-state index in [2.05, 4.69) is 68.5 Å². The molecule has 3 unspecified atom stereocenters. The lowest BCUT2D eigenvalue weighted by atomic mass is 9.86. The molecule has 2 fully saturated rings. The van der Waals surface area contributed by atoms with Crippen LogP contribution in [0.15, 0.2) is 54.6 Å². The van der Waals surface area contributed by atoms with Crippen molar-refractivity contribution in [1.82, 2.24) is 0 Å². The molecule has 3 aliphatic rings. The lowest BCUT2D eigenvalue weighted by molar-refractivity contribution is 0.259. The van der Waals surface area contributed by atoms with Gasteiger partial charge in [-0.15, -0.1) is 0 Å². The molecule has 2 aromatic carbocycles. The molecule has 0 amide bonds. The van der Waals surface area contributed by atoms with Crippen LogP contribution in [0.1, 0.15) is 69.1 Å². The van der Waals surface area contributed by atoms with E-state index in [-0.39, 0.29) is 12.2 Å². The molecule has 0 N–H and O–H groups in total. The van der Waals surface area contributed by atoms with Crippen LogP contribution in [0.3, 0.4) is 0 Å². The third kappa shape index (κ3) is 6.80. The number of hydrogen-bond acceptors (Lipinski definition) is 4. The Bertz CT molecular complexity index is 1060. The van der Waals surface area contributed by atoms with Gasteiger partial charge in [0, 0.05) is 5.56 Å². The van der Waals surface area contributed by atoms with Crippen molar-refractivity contribution in [3.05, 3.63) is 71.3 Å². The molecule has 2 aliphatic heterocycles. The second-order valence-electron chi connectivity index (χ2n) is 10.4. The highest BCUT2D eigenvalue weighted by Gasteiger charge is 2.26. The van der Waals surface area contributed by atoms with Crippen LogP contribution >= 0.6 is 0 Å². The van der Waals surface area contributed by atoms with E-state index in [1.807, 2.05) is 0 Å². The van der Waals surface area contributed by atoms with E-state index >= 15 is 0 Å². The first-order chi connectivity index (χ1) is 17.7. The second-order valence-corrected chi connectivity index (χ2v) is 10.4. The van der Waals surface area contributed by atoms with Gasteiger partial charge in [0.15, 0.2) is 0 Å². The average molecular weight is 489 g/mol. The lowest BCUT2D eigenvalue weighted by Crippen LogP contribution is -2.11. The maximum absolute atomic E-state index is 6.45. The summed E-state index contributed by atoms with van der Waals surface area (Å²) in [5, 5.41) is 0. The van der Waals surface area contributed by atoms with Gasteiger partial charge in [-0.3, -0.25) is 0 Å². The quantitative estimate of drug-likeness (QED) is 0.263. The average Bonchev–Trinajstić information content (AvgIpc) is 3.85. The van der Waals surface area contributed by atoms with Gasteiger partial charge < -0.3 is 18.9 Å². The number of ether oxygens (including phenoxy) is 4. The number of epoxide rings is 2. The molecule has 0 radical (unpaired) electrons. The van der Waals surface area contributed by atoms with E-state index in [1.54, 1.807) is 0 Å². The molecule has 0 spiro atoms. The zero-order valence-electron chi connectivity index (χ0n) is 21.8. The van der Waals surface area contributed by atoms with Crippen molar-refractivity contribution in [2.24, 2.45) is 5.92 Å². The molecule has 4 heteroatoms. The number of benzene rings is 2. The first-order valence-electron chi connectivity index (χ1n) is 13.8. The fourth-order valence-electron chi connectivity index (χ4n) is 4.98. The Morgan fingerprint density at radius 2 is 1.56 bits per heavy atom. The molecule has 2 saturated heterocycles. The van der Waals surface area contributed by atoms with E-state index < -0.39 is 0 Å². The molecule has 2 aromatic rings. The van der Waals surface area contributed by atoms with Gasteiger partial charge in [-0.25, -0.2) is 0 Å². The number of allylic oxidation sites excluding steroid dienone is 4. The van der Waals surface area contributed by atoms with E-state index in [9.17, 15) is 0 Å². The molecule has 0 saturated carbocycles. The zero-order chi connectivity index (χ0) is 24.7. The van der Waals surface area contributed by atoms with Gasteiger partial charge in [-0.1, -0.05) is 82.0 Å². The molecule has 5 rings (SSSR count). The van der Waals surface area contributed by atoms with E-state index in [0.717, 1.165) is 44.0 Å². The standard InChI is InChI=1S/C32H40O4/c1-3-5-7-23(4-2)18-27-8-6-9-31(32(27)36-22-30-21-35-30)26-12-10-24(11-13-26)25-14-16-28(17-15-25)33-19-29-20-34-29/h6,8-10,12,14-17,23,29-30H,3-5,7,11,13,18-22H2,1-2H3. The molecule has 2 heterocycles. The molecule has 36 heavy (non-hydrogen) atoms. The minimum absolute atomic E-state index is 0.253. The predicted octanol–water partition coefficient (Wildman–Crippen LogP) is 7.26. The molecule has 4 nitrogen and oxygen atoms in total. The van der Waals surface area contributed by atoms with Crippen LogP contribution in [0.25, 0.3) is 11.1 Å². The van der Waals surface area contributed by atoms with Gasteiger partial charge in [0.1, 0.15) is 36.9 Å². The molecule has 192 valence electrons. The maximum Gasteiger partial charge on any atom is 0.130 e. The van der Waals surface area contributed by atoms with Crippen LogP contribution in [0.2, 0.25) is 0 Å². The van der Waals surface area contributed by atoms with Gasteiger partial charge in [-0.05, 0) is 59.6 Å². The highest BCUT2D eigenvalue weighted by molar-refractivity contribution is 5.80. The van der Waals surface area contributed by atoms with E-state index in [4.69, 9.17) is 18.9 Å². The summed E-state index contributed by atoms with van der Waals surface area (Å²) in [5.41, 5.74) is 6.58. The SMILES string of the molecule is CCCCC(CC)Cc1cccc(C2=CC=C(c3ccc(OCC4CO4)cc3)CC2)c1OCC1CO1. The molecular formula is C32H40O4. The van der Waals surface area contributed by atoms with Crippen LogP contribution in [-0.4, -0.2) is 38.6 Å². The Hall–Kier alpha value is -2.56. The lowest BCUT2D eigenvalue weighted by Gasteiger charge is -2.22. The normalized spacial score (nSPS) is 21.4. The minimum Gasteiger partial charge on any atom is -0.491 e. The van der Waals surface area contributed by atoms with Crippen LogP contribution < -0.4 is 9.47 Å². The second kappa shape index (κ2) is 12.1. The molecule has 3 atom stereocenters. The first kappa shape index (κ1) is 25.1. The summed E-state index contributed by atoms with van der Waals surface area (Å²) in [4.78, 5) is 0. The van der Waals surface area contributed by atoms with Gasteiger partial charge in [0.05, 0.1) is 13.2 Å². The maximum atomic E-state index is 6.45.